The molecule has 172 valence electrons. The van der Waals surface area contributed by atoms with E-state index in [1.165, 1.54) is 17.8 Å². The third kappa shape index (κ3) is 5.92. The van der Waals surface area contributed by atoms with E-state index in [4.69, 9.17) is 4.74 Å². The Morgan fingerprint density at radius 2 is 1.97 bits per heavy atom. The molecule has 2 heterocycles. The number of carbonyl (C=O) groups is 1. The minimum Gasteiger partial charge on any atom is -0.380 e. The summed E-state index contributed by atoms with van der Waals surface area (Å²) >= 11 is 1.52. The predicted octanol–water partition coefficient (Wildman–Crippen LogP) is 3.48. The Morgan fingerprint density at radius 3 is 2.66 bits per heavy atom. The SMILES string of the molecule is CCOCCNc1nc(SC(C)C)nc2c1cnn2CCNC(=O)c1c(F)cccc1F. The topological polar surface area (TPSA) is 94.0 Å². The number of thioether (sulfide) groups is 1. The third-order valence-corrected chi connectivity index (χ3v) is 5.22. The zero-order chi connectivity index (χ0) is 23.1. The molecule has 2 aromatic heterocycles. The van der Waals surface area contributed by atoms with Crippen molar-refractivity contribution >= 4 is 34.5 Å². The second-order valence-corrected chi connectivity index (χ2v) is 8.65. The summed E-state index contributed by atoms with van der Waals surface area (Å²) in [5.41, 5.74) is 0.00457. The Labute approximate surface area is 189 Å². The number of fused-ring (bicyclic) bond motifs is 1. The summed E-state index contributed by atoms with van der Waals surface area (Å²) in [4.78, 5) is 21.4. The number of nitrogens with one attached hydrogen (secondary N) is 2. The molecular formula is C21H26F2N6O2S. The van der Waals surface area contributed by atoms with E-state index in [1.807, 2.05) is 6.92 Å². The molecule has 2 N–H and O–H groups in total. The van der Waals surface area contributed by atoms with Crippen molar-refractivity contribution in [2.45, 2.75) is 37.7 Å². The average Bonchev–Trinajstić information content (AvgIpc) is 3.13. The summed E-state index contributed by atoms with van der Waals surface area (Å²) in [6, 6.07) is 3.30. The molecule has 0 saturated heterocycles. The maximum Gasteiger partial charge on any atom is 0.257 e. The molecule has 32 heavy (non-hydrogen) atoms. The Balaban J connectivity index is 1.75. The molecule has 11 heteroatoms. The van der Waals surface area contributed by atoms with Gasteiger partial charge < -0.3 is 15.4 Å². The van der Waals surface area contributed by atoms with Gasteiger partial charge in [0.25, 0.3) is 5.91 Å². The predicted molar refractivity (Wildman–Crippen MR) is 120 cm³/mol. The first-order chi connectivity index (χ1) is 15.4. The van der Waals surface area contributed by atoms with Crippen molar-refractivity contribution < 1.29 is 18.3 Å². The normalized spacial score (nSPS) is 11.3. The lowest BCUT2D eigenvalue weighted by Gasteiger charge is -2.11. The first kappa shape index (κ1) is 23.9. The van der Waals surface area contributed by atoms with Crippen molar-refractivity contribution in [3.8, 4) is 0 Å². The number of nitrogens with zero attached hydrogens (tertiary/aromatic N) is 4. The van der Waals surface area contributed by atoms with E-state index in [1.54, 1.807) is 10.9 Å². The number of carbonyl (C=O) groups excluding carboxylic acids is 1. The smallest absolute Gasteiger partial charge is 0.257 e. The van der Waals surface area contributed by atoms with Crippen LogP contribution in [0.4, 0.5) is 14.6 Å². The van der Waals surface area contributed by atoms with Crippen molar-refractivity contribution in [2.24, 2.45) is 0 Å². The minimum atomic E-state index is -0.905. The van der Waals surface area contributed by atoms with Gasteiger partial charge in [0.1, 0.15) is 23.0 Å². The van der Waals surface area contributed by atoms with Crippen LogP contribution in [0, 0.1) is 11.6 Å². The highest BCUT2D eigenvalue weighted by Gasteiger charge is 2.17. The van der Waals surface area contributed by atoms with Crippen LogP contribution in [0.1, 0.15) is 31.1 Å². The van der Waals surface area contributed by atoms with Crippen LogP contribution in [0.25, 0.3) is 11.0 Å². The second kappa shape index (κ2) is 11.2. The van der Waals surface area contributed by atoms with E-state index >= 15 is 0 Å². The maximum absolute atomic E-state index is 13.8. The van der Waals surface area contributed by atoms with Crippen LogP contribution in [0.5, 0.6) is 0 Å². The second-order valence-electron chi connectivity index (χ2n) is 7.10. The Hall–Kier alpha value is -2.79. The summed E-state index contributed by atoms with van der Waals surface area (Å²) in [7, 11) is 0. The van der Waals surface area contributed by atoms with Gasteiger partial charge >= 0.3 is 0 Å². The Bertz CT molecular complexity index is 1060. The molecule has 0 unspecified atom stereocenters. The van der Waals surface area contributed by atoms with Crippen LogP contribution >= 0.6 is 11.8 Å². The molecule has 0 aliphatic rings. The molecule has 1 aromatic carbocycles. The number of aromatic nitrogens is 4. The molecule has 0 fully saturated rings. The zero-order valence-electron chi connectivity index (χ0n) is 18.2. The van der Waals surface area contributed by atoms with Gasteiger partial charge in [-0.1, -0.05) is 31.7 Å². The zero-order valence-corrected chi connectivity index (χ0v) is 19.0. The lowest BCUT2D eigenvalue weighted by molar-refractivity contribution is 0.0943. The highest BCUT2D eigenvalue weighted by atomic mass is 32.2. The fraction of sp³-hybridized carbons (Fsp3) is 0.429. The number of hydrogen-bond donors (Lipinski definition) is 2. The molecule has 8 nitrogen and oxygen atoms in total. The molecule has 0 atom stereocenters. The number of halogens is 2. The standard InChI is InChI=1S/C21H26F2N6O2S/c1-4-31-11-9-24-18-14-12-26-29(19(14)28-21(27-18)32-13(2)3)10-8-25-20(30)17-15(22)6-5-7-16(17)23/h5-7,12-13H,4,8-11H2,1-3H3,(H,25,30)(H,24,27,28). The molecule has 3 aromatic rings. The van der Waals surface area contributed by atoms with Crippen LogP contribution < -0.4 is 10.6 Å². The molecule has 0 spiro atoms. The van der Waals surface area contributed by atoms with E-state index in [-0.39, 0.29) is 18.3 Å². The molecule has 0 bridgehead atoms. The Kier molecular flexibility index (Phi) is 8.34. The summed E-state index contributed by atoms with van der Waals surface area (Å²) in [6.45, 7) is 8.19. The van der Waals surface area contributed by atoms with Gasteiger partial charge in [-0.25, -0.2) is 23.4 Å². The van der Waals surface area contributed by atoms with Gasteiger partial charge in [-0.15, -0.1) is 0 Å². The molecule has 0 radical (unpaired) electrons. The van der Waals surface area contributed by atoms with Crippen molar-refractivity contribution in [1.29, 1.82) is 0 Å². The molecule has 1 amide bonds. The van der Waals surface area contributed by atoms with Gasteiger partial charge in [0.2, 0.25) is 0 Å². The molecule has 0 aliphatic carbocycles. The first-order valence-electron chi connectivity index (χ1n) is 10.3. The summed E-state index contributed by atoms with van der Waals surface area (Å²) in [5, 5.41) is 11.8. The maximum atomic E-state index is 13.8. The van der Waals surface area contributed by atoms with Crippen LogP contribution in [0.15, 0.2) is 29.6 Å². The largest absolute Gasteiger partial charge is 0.380 e. The van der Waals surface area contributed by atoms with Gasteiger partial charge in [-0.2, -0.15) is 5.10 Å². The number of benzene rings is 1. The van der Waals surface area contributed by atoms with E-state index < -0.39 is 23.1 Å². The lowest BCUT2D eigenvalue weighted by atomic mass is 10.2. The summed E-state index contributed by atoms with van der Waals surface area (Å²) in [6.07, 6.45) is 1.65. The Morgan fingerprint density at radius 1 is 1.22 bits per heavy atom. The van der Waals surface area contributed by atoms with Gasteiger partial charge in [-0.3, -0.25) is 4.79 Å². The number of amides is 1. The van der Waals surface area contributed by atoms with Gasteiger partial charge in [0.15, 0.2) is 10.8 Å². The van der Waals surface area contributed by atoms with E-state index in [2.05, 4.69) is 39.5 Å². The third-order valence-electron chi connectivity index (χ3n) is 4.36. The minimum absolute atomic E-state index is 0.118. The molecule has 0 saturated carbocycles. The lowest BCUT2D eigenvalue weighted by Crippen LogP contribution is -2.29. The summed E-state index contributed by atoms with van der Waals surface area (Å²) < 4.78 is 34.6. The van der Waals surface area contributed by atoms with Crippen molar-refractivity contribution in [3.05, 3.63) is 41.6 Å². The fourth-order valence-corrected chi connectivity index (χ4v) is 3.67. The number of ether oxygens (including phenoxy) is 1. The van der Waals surface area contributed by atoms with Gasteiger partial charge in [0, 0.05) is 24.9 Å². The van der Waals surface area contributed by atoms with Gasteiger partial charge in [-0.05, 0) is 19.1 Å². The van der Waals surface area contributed by atoms with Crippen molar-refractivity contribution in [1.82, 2.24) is 25.1 Å². The van der Waals surface area contributed by atoms with Gasteiger partial charge in [0.05, 0.1) is 24.7 Å². The average molecular weight is 465 g/mol. The highest BCUT2D eigenvalue weighted by Crippen LogP contribution is 2.26. The number of hydrogen-bond acceptors (Lipinski definition) is 7. The van der Waals surface area contributed by atoms with Crippen LogP contribution in [-0.4, -0.2) is 57.2 Å². The first-order valence-corrected chi connectivity index (χ1v) is 11.2. The van der Waals surface area contributed by atoms with Crippen molar-refractivity contribution in [3.63, 3.8) is 0 Å². The van der Waals surface area contributed by atoms with Crippen LogP contribution in [0.2, 0.25) is 0 Å². The van der Waals surface area contributed by atoms with Crippen molar-refractivity contribution in [2.75, 3.05) is 31.6 Å². The van der Waals surface area contributed by atoms with E-state index in [0.29, 0.717) is 36.4 Å². The highest BCUT2D eigenvalue weighted by molar-refractivity contribution is 7.99. The quantitative estimate of drug-likeness (QED) is 0.255. The van der Waals surface area contributed by atoms with E-state index in [9.17, 15) is 13.6 Å². The molecule has 3 rings (SSSR count). The summed E-state index contributed by atoms with van der Waals surface area (Å²) in [5.74, 6) is -1.97. The number of anilines is 1. The fourth-order valence-electron chi connectivity index (χ4n) is 2.96. The monoisotopic (exact) mass is 464 g/mol. The van der Waals surface area contributed by atoms with E-state index in [0.717, 1.165) is 17.5 Å². The number of rotatable bonds is 11. The molecule has 0 aliphatic heterocycles. The van der Waals surface area contributed by atoms with Crippen LogP contribution in [0.3, 0.4) is 0 Å². The van der Waals surface area contributed by atoms with Crippen LogP contribution in [-0.2, 0) is 11.3 Å². The molecular weight excluding hydrogens is 438 g/mol.